The Hall–Kier alpha value is -2.69. The normalized spacial score (nSPS) is 10.1. The minimum atomic E-state index is -1.01. The Bertz CT molecular complexity index is 609. The van der Waals surface area contributed by atoms with Crippen LogP contribution in [0.4, 0.5) is 0 Å². The van der Waals surface area contributed by atoms with Gasteiger partial charge in [0, 0.05) is 31.5 Å². The highest BCUT2D eigenvalue weighted by atomic mass is 16.4. The minimum absolute atomic E-state index is 0.161. The molecule has 0 radical (unpaired) electrons. The molecule has 0 aliphatic heterocycles. The second kappa shape index (κ2) is 5.97. The second-order valence-electron chi connectivity index (χ2n) is 4.40. The number of hydrogen-bond acceptors (Lipinski definition) is 3. The fourth-order valence-corrected chi connectivity index (χ4v) is 1.81. The summed E-state index contributed by atoms with van der Waals surface area (Å²) in [6, 6.07) is 9.59. The molecule has 1 aromatic heterocycles. The van der Waals surface area contributed by atoms with E-state index in [1.807, 2.05) is 12.1 Å². The van der Waals surface area contributed by atoms with E-state index in [2.05, 4.69) is 4.98 Å². The Morgan fingerprint density at radius 3 is 2.35 bits per heavy atom. The largest absolute Gasteiger partial charge is 0.478 e. The molecule has 0 spiro atoms. The highest BCUT2D eigenvalue weighted by molar-refractivity contribution is 5.95. The van der Waals surface area contributed by atoms with Crippen molar-refractivity contribution in [2.75, 3.05) is 7.05 Å². The highest BCUT2D eigenvalue weighted by Gasteiger charge is 2.12. The van der Waals surface area contributed by atoms with Gasteiger partial charge in [0.25, 0.3) is 5.91 Å². The molecule has 1 heterocycles. The lowest BCUT2D eigenvalue weighted by atomic mass is 10.1. The third-order valence-corrected chi connectivity index (χ3v) is 2.87. The van der Waals surface area contributed by atoms with E-state index in [1.54, 1.807) is 24.3 Å². The van der Waals surface area contributed by atoms with Crippen LogP contribution in [0.1, 0.15) is 26.3 Å². The van der Waals surface area contributed by atoms with Crippen LogP contribution in [-0.2, 0) is 6.54 Å². The summed E-state index contributed by atoms with van der Waals surface area (Å²) in [7, 11) is 1.69. The summed E-state index contributed by atoms with van der Waals surface area (Å²) < 4.78 is 0. The van der Waals surface area contributed by atoms with Crippen LogP contribution in [0.2, 0.25) is 0 Å². The Morgan fingerprint density at radius 2 is 1.80 bits per heavy atom. The van der Waals surface area contributed by atoms with Crippen LogP contribution in [0, 0.1) is 0 Å². The maximum Gasteiger partial charge on any atom is 0.335 e. The number of nitrogens with zero attached hydrogens (tertiary/aromatic N) is 2. The topological polar surface area (TPSA) is 70.5 Å². The second-order valence-corrected chi connectivity index (χ2v) is 4.40. The SMILES string of the molecule is CN(Cc1cccnc1)C(=O)c1ccc(C(=O)O)cc1. The molecule has 1 amide bonds. The van der Waals surface area contributed by atoms with Crippen LogP contribution in [0.15, 0.2) is 48.8 Å². The molecule has 2 aromatic rings. The molecule has 2 rings (SSSR count). The van der Waals surface area contributed by atoms with Gasteiger partial charge in [-0.2, -0.15) is 0 Å². The predicted molar refractivity (Wildman–Crippen MR) is 73.4 cm³/mol. The molecular weight excluding hydrogens is 256 g/mol. The van der Waals surface area contributed by atoms with E-state index < -0.39 is 5.97 Å². The smallest absolute Gasteiger partial charge is 0.335 e. The molecule has 1 aromatic carbocycles. The van der Waals surface area contributed by atoms with Crippen molar-refractivity contribution >= 4 is 11.9 Å². The molecule has 0 saturated heterocycles. The average Bonchev–Trinajstić information content (AvgIpc) is 2.47. The first kappa shape index (κ1) is 13.7. The van der Waals surface area contributed by atoms with E-state index in [0.717, 1.165) is 5.56 Å². The van der Waals surface area contributed by atoms with Crippen molar-refractivity contribution in [3.63, 3.8) is 0 Å². The number of aromatic nitrogens is 1. The molecule has 0 unspecified atom stereocenters. The van der Waals surface area contributed by atoms with Gasteiger partial charge in [0.15, 0.2) is 0 Å². The van der Waals surface area contributed by atoms with E-state index in [-0.39, 0.29) is 11.5 Å². The third kappa shape index (κ3) is 3.20. The Kier molecular flexibility index (Phi) is 4.10. The van der Waals surface area contributed by atoms with Gasteiger partial charge in [0.1, 0.15) is 0 Å². The molecule has 5 nitrogen and oxygen atoms in total. The van der Waals surface area contributed by atoms with Crippen LogP contribution < -0.4 is 0 Å². The van der Waals surface area contributed by atoms with E-state index in [4.69, 9.17) is 5.11 Å². The molecule has 0 bridgehead atoms. The Balaban J connectivity index is 2.08. The van der Waals surface area contributed by atoms with Crippen molar-refractivity contribution in [1.29, 1.82) is 0 Å². The highest BCUT2D eigenvalue weighted by Crippen LogP contribution is 2.09. The third-order valence-electron chi connectivity index (χ3n) is 2.87. The van der Waals surface area contributed by atoms with Crippen molar-refractivity contribution in [2.45, 2.75) is 6.54 Å². The number of carboxylic acids is 1. The number of carbonyl (C=O) groups excluding carboxylic acids is 1. The lowest BCUT2D eigenvalue weighted by Gasteiger charge is -2.17. The van der Waals surface area contributed by atoms with Gasteiger partial charge < -0.3 is 10.0 Å². The van der Waals surface area contributed by atoms with Gasteiger partial charge in [-0.1, -0.05) is 6.07 Å². The van der Waals surface area contributed by atoms with Crippen molar-refractivity contribution in [3.05, 3.63) is 65.5 Å². The number of rotatable bonds is 4. The van der Waals surface area contributed by atoms with Crippen LogP contribution in [-0.4, -0.2) is 33.9 Å². The summed E-state index contributed by atoms with van der Waals surface area (Å²) in [6.45, 7) is 0.452. The molecule has 0 aliphatic rings. The summed E-state index contributed by atoms with van der Waals surface area (Å²) in [4.78, 5) is 28.5. The van der Waals surface area contributed by atoms with Crippen molar-refractivity contribution in [1.82, 2.24) is 9.88 Å². The van der Waals surface area contributed by atoms with Gasteiger partial charge in [-0.15, -0.1) is 0 Å². The summed E-state index contributed by atoms with van der Waals surface area (Å²) in [5, 5.41) is 8.82. The zero-order valence-electron chi connectivity index (χ0n) is 11.0. The van der Waals surface area contributed by atoms with Crippen molar-refractivity contribution in [3.8, 4) is 0 Å². The van der Waals surface area contributed by atoms with E-state index in [1.165, 1.54) is 24.3 Å². The fraction of sp³-hybridized carbons (Fsp3) is 0.133. The maximum atomic E-state index is 12.2. The van der Waals surface area contributed by atoms with Crippen LogP contribution in [0.3, 0.4) is 0 Å². The van der Waals surface area contributed by atoms with Crippen molar-refractivity contribution < 1.29 is 14.7 Å². The number of carboxylic acid groups (broad SMARTS) is 1. The molecule has 5 heteroatoms. The molecule has 1 N–H and O–H groups in total. The Morgan fingerprint density at radius 1 is 1.15 bits per heavy atom. The zero-order chi connectivity index (χ0) is 14.5. The van der Waals surface area contributed by atoms with Gasteiger partial charge in [0.05, 0.1) is 5.56 Å². The summed E-state index contributed by atoms with van der Waals surface area (Å²) in [5.41, 5.74) is 1.56. The van der Waals surface area contributed by atoms with E-state index in [9.17, 15) is 9.59 Å². The molecule has 20 heavy (non-hydrogen) atoms. The van der Waals surface area contributed by atoms with Crippen LogP contribution in [0.25, 0.3) is 0 Å². The first-order valence-corrected chi connectivity index (χ1v) is 6.05. The maximum absolute atomic E-state index is 12.2. The lowest BCUT2D eigenvalue weighted by molar-refractivity contribution is 0.0695. The van der Waals surface area contributed by atoms with Gasteiger partial charge in [-0.25, -0.2) is 4.79 Å². The number of aromatic carboxylic acids is 1. The standard InChI is InChI=1S/C15H14N2O3/c1-17(10-11-3-2-8-16-9-11)14(18)12-4-6-13(7-5-12)15(19)20/h2-9H,10H2,1H3,(H,19,20). The van der Waals surface area contributed by atoms with Crippen molar-refractivity contribution in [2.24, 2.45) is 0 Å². The zero-order valence-corrected chi connectivity index (χ0v) is 11.0. The van der Waals surface area contributed by atoms with Gasteiger partial charge in [-0.05, 0) is 35.9 Å². The van der Waals surface area contributed by atoms with Gasteiger partial charge in [-0.3, -0.25) is 9.78 Å². The van der Waals surface area contributed by atoms with Gasteiger partial charge >= 0.3 is 5.97 Å². The van der Waals surface area contributed by atoms with Crippen LogP contribution in [0.5, 0.6) is 0 Å². The molecule has 102 valence electrons. The van der Waals surface area contributed by atoms with E-state index >= 15 is 0 Å². The molecular formula is C15H14N2O3. The Labute approximate surface area is 116 Å². The number of benzene rings is 1. The minimum Gasteiger partial charge on any atom is -0.478 e. The van der Waals surface area contributed by atoms with Gasteiger partial charge in [0.2, 0.25) is 0 Å². The quantitative estimate of drug-likeness (QED) is 0.923. The monoisotopic (exact) mass is 270 g/mol. The predicted octanol–water partition coefficient (Wildman–Crippen LogP) is 2.05. The summed E-state index contributed by atoms with van der Waals surface area (Å²) in [5.74, 6) is -1.17. The fourth-order valence-electron chi connectivity index (χ4n) is 1.81. The molecule has 0 atom stereocenters. The summed E-state index contributed by atoms with van der Waals surface area (Å²) in [6.07, 6.45) is 3.38. The van der Waals surface area contributed by atoms with E-state index in [0.29, 0.717) is 12.1 Å². The molecule has 0 fully saturated rings. The number of pyridine rings is 1. The van der Waals surface area contributed by atoms with Crippen LogP contribution >= 0.6 is 0 Å². The number of amides is 1. The number of carbonyl (C=O) groups is 2. The molecule has 0 aliphatic carbocycles. The average molecular weight is 270 g/mol. The number of hydrogen-bond donors (Lipinski definition) is 1. The molecule has 0 saturated carbocycles. The first-order chi connectivity index (χ1) is 9.58. The lowest BCUT2D eigenvalue weighted by Crippen LogP contribution is -2.26. The summed E-state index contributed by atoms with van der Waals surface area (Å²) >= 11 is 0. The first-order valence-electron chi connectivity index (χ1n) is 6.05.